The number of benzene rings is 2. The molecule has 0 aliphatic carbocycles. The van der Waals surface area contributed by atoms with Crippen LogP contribution in [0.2, 0.25) is 0 Å². The first-order valence-electron chi connectivity index (χ1n) is 12.4. The van der Waals surface area contributed by atoms with Gasteiger partial charge >= 0.3 is 0 Å². The van der Waals surface area contributed by atoms with E-state index < -0.39 is 43.4 Å². The van der Waals surface area contributed by atoms with Crippen LogP contribution < -0.4 is 0 Å². The lowest BCUT2D eigenvalue weighted by atomic mass is 9.85. The number of hydrogen-bond donors (Lipinski definition) is 2. The maximum Gasteiger partial charge on any atom is 0.251 e. The Morgan fingerprint density at radius 2 is 1.81 bits per heavy atom. The van der Waals surface area contributed by atoms with Gasteiger partial charge in [-0.2, -0.15) is 0 Å². The maximum atomic E-state index is 15.6. The molecule has 3 aromatic rings. The van der Waals surface area contributed by atoms with Gasteiger partial charge in [0.1, 0.15) is 11.6 Å². The highest BCUT2D eigenvalue weighted by Gasteiger charge is 2.40. The van der Waals surface area contributed by atoms with Crippen molar-refractivity contribution in [3.05, 3.63) is 70.4 Å². The molecule has 1 saturated heterocycles. The summed E-state index contributed by atoms with van der Waals surface area (Å²) in [6, 6.07) is 8.30. The molecule has 0 saturated carbocycles. The van der Waals surface area contributed by atoms with Gasteiger partial charge in [0.25, 0.3) is 6.43 Å². The molecule has 2 N–H and O–H groups in total. The van der Waals surface area contributed by atoms with Gasteiger partial charge in [0.15, 0.2) is 0 Å². The maximum absolute atomic E-state index is 15.6. The summed E-state index contributed by atoms with van der Waals surface area (Å²) >= 11 is 0. The summed E-state index contributed by atoms with van der Waals surface area (Å²) in [7, 11) is 0. The zero-order chi connectivity index (χ0) is 25.6. The van der Waals surface area contributed by atoms with Gasteiger partial charge in [0.05, 0.1) is 25.4 Å². The van der Waals surface area contributed by atoms with Gasteiger partial charge in [-0.05, 0) is 49.1 Å². The predicted octanol–water partition coefficient (Wildman–Crippen LogP) is 5.37. The fourth-order valence-corrected chi connectivity index (χ4v) is 5.85. The van der Waals surface area contributed by atoms with Gasteiger partial charge in [-0.15, -0.1) is 0 Å². The molecule has 0 radical (unpaired) electrons. The Bertz CT molecular complexity index is 1200. The molecule has 1 fully saturated rings. The molecular weight excluding hydrogens is 477 g/mol. The van der Waals surface area contributed by atoms with Crippen molar-refractivity contribution < 1.29 is 27.1 Å². The number of nitrogens with one attached hydrogen (secondary N) is 1. The topological polar surface area (TPSA) is 42.5 Å². The number of aromatic nitrogens is 1. The first-order chi connectivity index (χ1) is 17.3. The first kappa shape index (κ1) is 25.2. The Hall–Kier alpha value is -2.49. The van der Waals surface area contributed by atoms with Crippen LogP contribution >= 0.6 is 0 Å². The van der Waals surface area contributed by atoms with E-state index in [4.69, 9.17) is 0 Å². The number of likely N-dealkylation sites (tertiary alicyclic amines) is 1. The minimum atomic E-state index is -2.67. The second-order valence-electron chi connectivity index (χ2n) is 10.0. The average molecular weight is 508 g/mol. The third kappa shape index (κ3) is 4.53. The van der Waals surface area contributed by atoms with Crippen LogP contribution in [0.25, 0.3) is 10.9 Å². The highest BCUT2D eigenvalue weighted by atomic mass is 19.3. The molecule has 9 heteroatoms. The summed E-state index contributed by atoms with van der Waals surface area (Å²) in [5, 5.41) is 11.7. The molecular formula is C27H30F5N3O. The molecule has 2 aliphatic heterocycles. The van der Waals surface area contributed by atoms with Crippen LogP contribution in [-0.2, 0) is 6.42 Å². The zero-order valence-corrected chi connectivity index (χ0v) is 20.0. The highest BCUT2D eigenvalue weighted by molar-refractivity contribution is 5.85. The Kier molecular flexibility index (Phi) is 7.07. The molecule has 3 heterocycles. The average Bonchev–Trinajstić information content (AvgIpc) is 3.17. The number of nitrogens with zero attached hydrogens (tertiary/aromatic N) is 2. The number of halogens is 5. The van der Waals surface area contributed by atoms with Gasteiger partial charge in [0, 0.05) is 53.8 Å². The van der Waals surface area contributed by atoms with Crippen LogP contribution in [0.1, 0.15) is 47.9 Å². The van der Waals surface area contributed by atoms with E-state index in [0.717, 1.165) is 28.6 Å². The highest BCUT2D eigenvalue weighted by Crippen LogP contribution is 2.43. The van der Waals surface area contributed by atoms with Gasteiger partial charge in [-0.3, -0.25) is 9.29 Å². The molecule has 194 valence electrons. The molecule has 0 amide bonds. The molecule has 4 nitrogen and oxygen atoms in total. The van der Waals surface area contributed by atoms with Crippen molar-refractivity contribution in [2.45, 2.75) is 44.4 Å². The van der Waals surface area contributed by atoms with Crippen molar-refractivity contribution >= 4 is 10.9 Å². The number of aromatic amines is 1. The zero-order valence-electron chi connectivity index (χ0n) is 20.0. The first-order valence-corrected chi connectivity index (χ1v) is 12.4. The Balaban J connectivity index is 1.51. The standard InChI is InChI=1S/C27H30F5N3O/c1-15-9-19-18-5-2-3-6-22(18)33-25(19)26(35(15)14-23(31)32)24-20(29)10-16(11-21(24)30)27(36)17-12-34(13-17)8-4-7-28/h2-3,5-6,10-11,15,17,23,26-27,33,36H,4,7-9,12-14H2,1H3/t15-,26?,27+/m1/s1. The van der Waals surface area contributed by atoms with Crippen LogP contribution in [-0.4, -0.2) is 65.2 Å². The number of H-pyrrole nitrogens is 1. The van der Waals surface area contributed by atoms with E-state index in [2.05, 4.69) is 4.98 Å². The summed E-state index contributed by atoms with van der Waals surface area (Å²) in [6.07, 6.45) is -2.86. The quantitative estimate of drug-likeness (QED) is 0.403. The summed E-state index contributed by atoms with van der Waals surface area (Å²) in [6.45, 7) is 2.37. The molecule has 1 unspecified atom stereocenters. The SMILES string of the molecule is C[C@@H]1Cc2c([nH]c3ccccc23)C(c2c(F)cc([C@H](O)C3CN(CCCF)C3)cc2F)N1CC(F)F. The lowest BCUT2D eigenvalue weighted by Crippen LogP contribution is -2.49. The van der Waals surface area contributed by atoms with Gasteiger partial charge in [-0.1, -0.05) is 18.2 Å². The van der Waals surface area contributed by atoms with Crippen LogP contribution in [0.15, 0.2) is 36.4 Å². The summed E-state index contributed by atoms with van der Waals surface area (Å²) < 4.78 is 70.8. The van der Waals surface area contributed by atoms with Crippen LogP contribution in [0.4, 0.5) is 22.0 Å². The van der Waals surface area contributed by atoms with Gasteiger partial charge in [-0.25, -0.2) is 17.6 Å². The van der Waals surface area contributed by atoms with Crippen LogP contribution in [0.3, 0.4) is 0 Å². The lowest BCUT2D eigenvalue weighted by molar-refractivity contribution is -0.00642. The molecule has 0 spiro atoms. The number of alkyl halides is 3. The van der Waals surface area contributed by atoms with Crippen molar-refractivity contribution in [2.75, 3.05) is 32.9 Å². The number of rotatable bonds is 8. The van der Waals surface area contributed by atoms with E-state index in [-0.39, 0.29) is 23.1 Å². The van der Waals surface area contributed by atoms with Crippen molar-refractivity contribution in [3.63, 3.8) is 0 Å². The van der Waals surface area contributed by atoms with E-state index in [1.807, 2.05) is 29.2 Å². The fraction of sp³-hybridized carbons (Fsp3) is 0.481. The second-order valence-corrected chi connectivity index (χ2v) is 10.0. The summed E-state index contributed by atoms with van der Waals surface area (Å²) in [4.78, 5) is 6.67. The molecule has 3 atom stereocenters. The van der Waals surface area contributed by atoms with E-state index >= 15 is 8.78 Å². The van der Waals surface area contributed by atoms with Crippen molar-refractivity contribution in [3.8, 4) is 0 Å². The minimum absolute atomic E-state index is 0.116. The van der Waals surface area contributed by atoms with E-state index in [9.17, 15) is 18.3 Å². The van der Waals surface area contributed by atoms with E-state index in [1.165, 1.54) is 4.90 Å². The van der Waals surface area contributed by atoms with E-state index in [1.54, 1.807) is 6.92 Å². The molecule has 36 heavy (non-hydrogen) atoms. The third-order valence-corrected chi connectivity index (χ3v) is 7.62. The minimum Gasteiger partial charge on any atom is -0.388 e. The van der Waals surface area contributed by atoms with Gasteiger partial charge < -0.3 is 15.0 Å². The van der Waals surface area contributed by atoms with Crippen LogP contribution in [0.5, 0.6) is 0 Å². The number of para-hydroxylation sites is 1. The Morgan fingerprint density at radius 1 is 1.11 bits per heavy atom. The van der Waals surface area contributed by atoms with Gasteiger partial charge in [0.2, 0.25) is 0 Å². The monoisotopic (exact) mass is 507 g/mol. The number of aliphatic hydroxyl groups excluding tert-OH is 1. The predicted molar refractivity (Wildman–Crippen MR) is 128 cm³/mol. The number of fused-ring (bicyclic) bond motifs is 3. The van der Waals surface area contributed by atoms with E-state index in [0.29, 0.717) is 38.2 Å². The Morgan fingerprint density at radius 3 is 2.47 bits per heavy atom. The fourth-order valence-electron chi connectivity index (χ4n) is 5.85. The van der Waals surface area contributed by atoms with Crippen LogP contribution in [0, 0.1) is 17.6 Å². The Labute approximate surface area is 206 Å². The lowest BCUT2D eigenvalue weighted by Gasteiger charge is -2.42. The molecule has 2 aromatic carbocycles. The smallest absolute Gasteiger partial charge is 0.251 e. The molecule has 0 bridgehead atoms. The molecule has 1 aromatic heterocycles. The number of aliphatic hydroxyl groups is 1. The summed E-state index contributed by atoms with van der Waals surface area (Å²) in [5.41, 5.74) is 1.99. The third-order valence-electron chi connectivity index (χ3n) is 7.62. The van der Waals surface area contributed by atoms with Crippen molar-refractivity contribution in [1.82, 2.24) is 14.8 Å². The van der Waals surface area contributed by atoms with Crippen molar-refractivity contribution in [1.29, 1.82) is 0 Å². The second kappa shape index (κ2) is 10.1. The van der Waals surface area contributed by atoms with Crippen molar-refractivity contribution in [2.24, 2.45) is 5.92 Å². The number of hydrogen-bond acceptors (Lipinski definition) is 3. The molecule has 5 rings (SSSR count). The largest absolute Gasteiger partial charge is 0.388 e. The molecule has 2 aliphatic rings. The summed E-state index contributed by atoms with van der Waals surface area (Å²) in [5.74, 6) is -1.96. The normalized spacial score (nSPS) is 22.2.